The Kier molecular flexibility index (Phi) is 3.56. The highest BCUT2D eigenvalue weighted by molar-refractivity contribution is 9.10. The molecule has 0 amide bonds. The molecule has 1 aliphatic rings. The molecule has 2 rings (SSSR count). The minimum Gasteiger partial charge on any atom is -0.262 e. The van der Waals surface area contributed by atoms with Crippen LogP contribution in [0.5, 0.6) is 0 Å². The molecule has 0 aliphatic carbocycles. The van der Waals surface area contributed by atoms with Crippen molar-refractivity contribution in [1.29, 1.82) is 0 Å². The molecule has 0 radical (unpaired) electrons. The smallest absolute Gasteiger partial charge is 0.244 e. The van der Waals surface area contributed by atoms with Crippen LogP contribution in [0.3, 0.4) is 0 Å². The van der Waals surface area contributed by atoms with Crippen LogP contribution in [-0.2, 0) is 10.0 Å². The molecule has 17 heavy (non-hydrogen) atoms. The zero-order valence-corrected chi connectivity index (χ0v) is 12.2. The molecular formula is C11H15BrN2O2S. The van der Waals surface area contributed by atoms with E-state index in [0.717, 1.165) is 0 Å². The van der Waals surface area contributed by atoms with Crippen LogP contribution in [0.15, 0.2) is 27.8 Å². The normalized spacial score (nSPS) is 26.3. The van der Waals surface area contributed by atoms with E-state index in [-0.39, 0.29) is 4.90 Å². The third-order valence-corrected chi connectivity index (χ3v) is 5.50. The van der Waals surface area contributed by atoms with Gasteiger partial charge in [-0.1, -0.05) is 13.8 Å². The van der Waals surface area contributed by atoms with Crippen molar-refractivity contribution in [2.45, 2.75) is 18.7 Å². The first-order valence-electron chi connectivity index (χ1n) is 5.52. The van der Waals surface area contributed by atoms with E-state index in [4.69, 9.17) is 0 Å². The van der Waals surface area contributed by atoms with E-state index in [9.17, 15) is 8.42 Å². The first-order chi connectivity index (χ1) is 7.91. The number of halogens is 1. The molecule has 1 fully saturated rings. The summed E-state index contributed by atoms with van der Waals surface area (Å²) in [6, 6.07) is 1.59. The van der Waals surface area contributed by atoms with Crippen molar-refractivity contribution in [3.05, 3.63) is 22.9 Å². The predicted octanol–water partition coefficient (Wildman–Crippen LogP) is 2.12. The van der Waals surface area contributed by atoms with E-state index >= 15 is 0 Å². The van der Waals surface area contributed by atoms with Crippen molar-refractivity contribution in [2.75, 3.05) is 13.1 Å². The van der Waals surface area contributed by atoms with E-state index in [2.05, 4.69) is 34.8 Å². The van der Waals surface area contributed by atoms with Gasteiger partial charge in [0.2, 0.25) is 10.0 Å². The second-order valence-corrected chi connectivity index (χ2v) is 7.47. The monoisotopic (exact) mass is 318 g/mol. The van der Waals surface area contributed by atoms with Crippen LogP contribution >= 0.6 is 15.9 Å². The summed E-state index contributed by atoms with van der Waals surface area (Å²) in [7, 11) is -3.39. The zero-order valence-electron chi connectivity index (χ0n) is 9.80. The summed E-state index contributed by atoms with van der Waals surface area (Å²) in [5.74, 6) is 0.815. The van der Waals surface area contributed by atoms with E-state index in [0.29, 0.717) is 29.4 Å². The van der Waals surface area contributed by atoms with E-state index < -0.39 is 10.0 Å². The van der Waals surface area contributed by atoms with Gasteiger partial charge in [0.15, 0.2) is 0 Å². The third-order valence-electron chi connectivity index (χ3n) is 3.27. The summed E-state index contributed by atoms with van der Waals surface area (Å²) in [4.78, 5) is 4.16. The number of aromatic nitrogens is 1. The van der Waals surface area contributed by atoms with Crippen molar-refractivity contribution < 1.29 is 8.42 Å². The Labute approximate surface area is 110 Å². The van der Waals surface area contributed by atoms with Crippen molar-refractivity contribution in [3.63, 3.8) is 0 Å². The first-order valence-corrected chi connectivity index (χ1v) is 7.75. The van der Waals surface area contributed by atoms with Gasteiger partial charge in [-0.15, -0.1) is 0 Å². The van der Waals surface area contributed by atoms with Crippen LogP contribution in [0.4, 0.5) is 0 Å². The number of rotatable bonds is 2. The number of hydrogen-bond donors (Lipinski definition) is 0. The maximum absolute atomic E-state index is 12.3. The minimum atomic E-state index is -3.39. The van der Waals surface area contributed by atoms with Crippen molar-refractivity contribution in [3.8, 4) is 0 Å². The highest BCUT2D eigenvalue weighted by atomic mass is 79.9. The van der Waals surface area contributed by atoms with Crippen molar-refractivity contribution in [2.24, 2.45) is 11.8 Å². The molecule has 2 atom stereocenters. The fourth-order valence-electron chi connectivity index (χ4n) is 1.96. The maximum atomic E-state index is 12.3. The molecule has 94 valence electrons. The highest BCUT2D eigenvalue weighted by Crippen LogP contribution is 2.28. The SMILES string of the molecule is CC1CN(S(=O)(=O)c2cncc(Br)c2)CC1C. The van der Waals surface area contributed by atoms with Gasteiger partial charge < -0.3 is 0 Å². The van der Waals surface area contributed by atoms with Crippen LogP contribution in [0.25, 0.3) is 0 Å². The molecule has 1 aromatic rings. The molecule has 2 unspecified atom stereocenters. The third kappa shape index (κ3) is 2.53. The molecule has 4 nitrogen and oxygen atoms in total. The molecule has 1 saturated heterocycles. The Balaban J connectivity index is 2.32. The van der Waals surface area contributed by atoms with Gasteiger partial charge in [0.1, 0.15) is 4.90 Å². The Morgan fingerprint density at radius 3 is 2.41 bits per heavy atom. The highest BCUT2D eigenvalue weighted by Gasteiger charge is 2.35. The molecule has 1 aliphatic heterocycles. The van der Waals surface area contributed by atoms with E-state index in [1.54, 1.807) is 16.6 Å². The fraction of sp³-hybridized carbons (Fsp3) is 0.545. The van der Waals surface area contributed by atoms with Gasteiger partial charge >= 0.3 is 0 Å². The van der Waals surface area contributed by atoms with Gasteiger partial charge in [-0.25, -0.2) is 8.42 Å². The molecule has 0 N–H and O–H groups in total. The van der Waals surface area contributed by atoms with Gasteiger partial charge in [-0.05, 0) is 33.8 Å². The first kappa shape index (κ1) is 13.0. The largest absolute Gasteiger partial charge is 0.262 e. The Morgan fingerprint density at radius 1 is 1.29 bits per heavy atom. The predicted molar refractivity (Wildman–Crippen MR) is 69.0 cm³/mol. The second-order valence-electron chi connectivity index (χ2n) is 4.62. The topological polar surface area (TPSA) is 50.3 Å². The van der Waals surface area contributed by atoms with Gasteiger partial charge in [-0.2, -0.15) is 4.31 Å². The van der Waals surface area contributed by atoms with E-state index in [1.165, 1.54) is 6.20 Å². The summed E-state index contributed by atoms with van der Waals surface area (Å²) in [6.07, 6.45) is 2.97. The molecule has 2 heterocycles. The van der Waals surface area contributed by atoms with Crippen LogP contribution in [0.1, 0.15) is 13.8 Å². The molecule has 0 aromatic carbocycles. The zero-order chi connectivity index (χ0) is 12.6. The standard InChI is InChI=1S/C11H15BrN2O2S/c1-8-6-14(7-9(8)2)17(15,16)11-3-10(12)4-13-5-11/h3-5,8-9H,6-7H2,1-2H3. The van der Waals surface area contributed by atoms with Crippen LogP contribution in [0, 0.1) is 11.8 Å². The molecular weight excluding hydrogens is 304 g/mol. The minimum absolute atomic E-state index is 0.258. The quantitative estimate of drug-likeness (QED) is 0.839. The van der Waals surface area contributed by atoms with E-state index in [1.807, 2.05) is 0 Å². The fourth-order valence-corrected chi connectivity index (χ4v) is 4.10. The average Bonchev–Trinajstić information content (AvgIpc) is 2.60. The van der Waals surface area contributed by atoms with Crippen LogP contribution in [0.2, 0.25) is 0 Å². The molecule has 0 bridgehead atoms. The Bertz CT molecular complexity index is 508. The lowest BCUT2D eigenvalue weighted by molar-refractivity contribution is 0.463. The van der Waals surface area contributed by atoms with Gasteiger partial charge in [-0.3, -0.25) is 4.98 Å². The summed E-state index contributed by atoms with van der Waals surface area (Å²) < 4.78 is 26.9. The number of sulfonamides is 1. The summed E-state index contributed by atoms with van der Waals surface area (Å²) in [5, 5.41) is 0. The van der Waals surface area contributed by atoms with Crippen molar-refractivity contribution in [1.82, 2.24) is 9.29 Å². The average molecular weight is 319 g/mol. The number of pyridine rings is 1. The lowest BCUT2D eigenvalue weighted by atomic mass is 10.0. The lowest BCUT2D eigenvalue weighted by Crippen LogP contribution is -2.29. The maximum Gasteiger partial charge on any atom is 0.244 e. The number of hydrogen-bond acceptors (Lipinski definition) is 3. The molecule has 1 aromatic heterocycles. The summed E-state index contributed by atoms with van der Waals surface area (Å²) in [6.45, 7) is 5.35. The van der Waals surface area contributed by atoms with Crippen LogP contribution in [-0.4, -0.2) is 30.8 Å². The van der Waals surface area contributed by atoms with Crippen molar-refractivity contribution >= 4 is 26.0 Å². The molecule has 6 heteroatoms. The summed E-state index contributed by atoms with van der Waals surface area (Å²) >= 11 is 3.24. The Hall–Kier alpha value is -0.460. The number of nitrogens with zero attached hydrogens (tertiary/aromatic N) is 2. The van der Waals surface area contributed by atoms with Gasteiger partial charge in [0, 0.05) is 30.0 Å². The molecule has 0 saturated carbocycles. The lowest BCUT2D eigenvalue weighted by Gasteiger charge is -2.15. The van der Waals surface area contributed by atoms with Gasteiger partial charge in [0.05, 0.1) is 0 Å². The van der Waals surface area contributed by atoms with Crippen LogP contribution < -0.4 is 0 Å². The summed E-state index contributed by atoms with van der Waals surface area (Å²) in [5.41, 5.74) is 0. The Morgan fingerprint density at radius 2 is 1.88 bits per heavy atom. The molecule has 0 spiro atoms. The van der Waals surface area contributed by atoms with Gasteiger partial charge in [0.25, 0.3) is 0 Å². The second kappa shape index (κ2) is 4.66.